The first-order valence-corrected chi connectivity index (χ1v) is 7.62. The molecule has 0 bridgehead atoms. The minimum atomic E-state index is 0.228. The number of rotatable bonds is 7. The van der Waals surface area contributed by atoms with Gasteiger partial charge >= 0.3 is 0 Å². The fourth-order valence-corrected chi connectivity index (χ4v) is 2.85. The van der Waals surface area contributed by atoms with Crippen molar-refractivity contribution in [3.8, 4) is 0 Å². The van der Waals surface area contributed by atoms with E-state index in [1.807, 2.05) is 0 Å². The van der Waals surface area contributed by atoms with Crippen molar-refractivity contribution >= 4 is 17.3 Å². The number of likely N-dealkylation sites (N-methyl/N-ethyl adjacent to an activating group) is 1. The second kappa shape index (κ2) is 8.94. The molecule has 0 spiro atoms. The molecule has 0 aliphatic rings. The Morgan fingerprint density at radius 2 is 2.25 bits per heavy atom. The van der Waals surface area contributed by atoms with Gasteiger partial charge < -0.3 is 20.3 Å². The lowest BCUT2D eigenvalue weighted by Crippen LogP contribution is -2.46. The van der Waals surface area contributed by atoms with E-state index in [0.717, 1.165) is 12.5 Å². The highest BCUT2D eigenvalue weighted by Crippen LogP contribution is 2.22. The Balaban J connectivity index is 2.53. The summed E-state index contributed by atoms with van der Waals surface area (Å²) in [6.45, 7) is 3.54. The third-order valence-corrected chi connectivity index (χ3v) is 3.95. The van der Waals surface area contributed by atoms with Gasteiger partial charge in [0.05, 0.1) is 12.6 Å². The molecular formula is C14H26N4OS. The van der Waals surface area contributed by atoms with Gasteiger partial charge in [-0.15, -0.1) is 11.3 Å². The van der Waals surface area contributed by atoms with E-state index in [1.54, 1.807) is 25.5 Å². The molecule has 0 aliphatic carbocycles. The van der Waals surface area contributed by atoms with E-state index in [0.29, 0.717) is 12.6 Å². The lowest BCUT2D eigenvalue weighted by molar-refractivity contribution is 0.179. The topological polar surface area (TPSA) is 48.9 Å². The SMILES string of the molecule is CN=C(NCC(c1cccs1)N(C)C)NC(C)COC. The van der Waals surface area contributed by atoms with Crippen molar-refractivity contribution in [1.29, 1.82) is 0 Å². The molecule has 20 heavy (non-hydrogen) atoms. The third-order valence-electron chi connectivity index (χ3n) is 2.98. The van der Waals surface area contributed by atoms with Crippen LogP contribution in [0, 0.1) is 0 Å². The minimum Gasteiger partial charge on any atom is -0.383 e. The number of hydrogen-bond acceptors (Lipinski definition) is 4. The molecular weight excluding hydrogens is 272 g/mol. The van der Waals surface area contributed by atoms with Crippen molar-refractivity contribution in [2.24, 2.45) is 4.99 Å². The summed E-state index contributed by atoms with van der Waals surface area (Å²) in [5, 5.41) is 8.79. The number of methoxy groups -OCH3 is 1. The van der Waals surface area contributed by atoms with E-state index < -0.39 is 0 Å². The van der Waals surface area contributed by atoms with Crippen LogP contribution in [0.5, 0.6) is 0 Å². The lowest BCUT2D eigenvalue weighted by atomic mass is 10.2. The molecule has 5 nitrogen and oxygen atoms in total. The largest absolute Gasteiger partial charge is 0.383 e. The van der Waals surface area contributed by atoms with Crippen LogP contribution in [0.25, 0.3) is 0 Å². The van der Waals surface area contributed by atoms with Gasteiger partial charge in [-0.3, -0.25) is 4.99 Å². The Labute approximate surface area is 126 Å². The van der Waals surface area contributed by atoms with Crippen molar-refractivity contribution < 1.29 is 4.74 Å². The van der Waals surface area contributed by atoms with Crippen molar-refractivity contribution in [1.82, 2.24) is 15.5 Å². The Morgan fingerprint density at radius 1 is 1.50 bits per heavy atom. The van der Waals surface area contributed by atoms with Crippen LogP contribution in [0.3, 0.4) is 0 Å². The smallest absolute Gasteiger partial charge is 0.191 e. The van der Waals surface area contributed by atoms with Gasteiger partial charge in [0.1, 0.15) is 0 Å². The van der Waals surface area contributed by atoms with Crippen LogP contribution < -0.4 is 10.6 Å². The fourth-order valence-electron chi connectivity index (χ4n) is 1.93. The van der Waals surface area contributed by atoms with Crippen LogP contribution in [0.1, 0.15) is 17.8 Å². The normalized spacial score (nSPS) is 15.2. The summed E-state index contributed by atoms with van der Waals surface area (Å²) in [5.41, 5.74) is 0. The first-order valence-electron chi connectivity index (χ1n) is 6.74. The number of guanidine groups is 1. The maximum absolute atomic E-state index is 5.12. The van der Waals surface area contributed by atoms with Crippen molar-refractivity contribution in [3.05, 3.63) is 22.4 Å². The van der Waals surface area contributed by atoms with Crippen molar-refractivity contribution in [3.63, 3.8) is 0 Å². The Morgan fingerprint density at radius 3 is 2.75 bits per heavy atom. The maximum atomic E-state index is 5.12. The summed E-state index contributed by atoms with van der Waals surface area (Å²) in [6, 6.07) is 4.82. The van der Waals surface area contributed by atoms with E-state index in [1.165, 1.54) is 4.88 Å². The molecule has 1 heterocycles. The average Bonchev–Trinajstić information content (AvgIpc) is 2.91. The molecule has 2 atom stereocenters. The van der Waals surface area contributed by atoms with E-state index in [-0.39, 0.29) is 6.04 Å². The second-order valence-corrected chi connectivity index (χ2v) is 5.93. The van der Waals surface area contributed by atoms with Gasteiger partial charge in [-0.25, -0.2) is 0 Å². The molecule has 0 aromatic carbocycles. The highest BCUT2D eigenvalue weighted by atomic mass is 32.1. The molecule has 6 heteroatoms. The van der Waals surface area contributed by atoms with E-state index in [2.05, 4.69) is 59.1 Å². The maximum Gasteiger partial charge on any atom is 0.191 e. The first kappa shape index (κ1) is 16.9. The molecule has 114 valence electrons. The second-order valence-electron chi connectivity index (χ2n) is 4.95. The van der Waals surface area contributed by atoms with Crippen LogP contribution in [-0.4, -0.2) is 58.3 Å². The van der Waals surface area contributed by atoms with Gasteiger partial charge in [0, 0.05) is 31.6 Å². The molecule has 0 aliphatic heterocycles. The minimum absolute atomic E-state index is 0.228. The first-order chi connectivity index (χ1) is 9.58. The fraction of sp³-hybridized carbons (Fsp3) is 0.643. The standard InChI is InChI=1S/C14H26N4OS/c1-11(10-19-5)17-14(15-2)16-9-12(18(3)4)13-7-6-8-20-13/h6-8,11-12H,9-10H2,1-5H3,(H2,15,16,17). The number of ether oxygens (including phenoxy) is 1. The number of thiophene rings is 1. The van der Waals surface area contributed by atoms with Crippen LogP contribution in [0.2, 0.25) is 0 Å². The van der Waals surface area contributed by atoms with E-state index >= 15 is 0 Å². The lowest BCUT2D eigenvalue weighted by Gasteiger charge is -2.25. The summed E-state index contributed by atoms with van der Waals surface area (Å²) in [5.74, 6) is 0.804. The number of hydrogen-bond donors (Lipinski definition) is 2. The molecule has 1 aromatic heterocycles. The van der Waals surface area contributed by atoms with Gasteiger partial charge in [-0.2, -0.15) is 0 Å². The van der Waals surface area contributed by atoms with Crippen molar-refractivity contribution in [2.45, 2.75) is 19.0 Å². The van der Waals surface area contributed by atoms with Crippen LogP contribution in [-0.2, 0) is 4.74 Å². The zero-order chi connectivity index (χ0) is 15.0. The Hall–Kier alpha value is -1.11. The summed E-state index contributed by atoms with van der Waals surface area (Å²) >= 11 is 1.78. The van der Waals surface area contributed by atoms with Gasteiger partial charge in [0.2, 0.25) is 0 Å². The molecule has 0 amide bonds. The molecule has 2 unspecified atom stereocenters. The summed E-state index contributed by atoms with van der Waals surface area (Å²) < 4.78 is 5.12. The van der Waals surface area contributed by atoms with Gasteiger partial charge in [-0.05, 0) is 32.5 Å². The summed E-state index contributed by atoms with van der Waals surface area (Å²) in [7, 11) is 7.67. The van der Waals surface area contributed by atoms with Gasteiger partial charge in [0.15, 0.2) is 5.96 Å². The average molecular weight is 298 g/mol. The van der Waals surface area contributed by atoms with Crippen LogP contribution >= 0.6 is 11.3 Å². The summed E-state index contributed by atoms with van der Waals surface area (Å²) in [4.78, 5) is 7.81. The molecule has 1 rings (SSSR count). The summed E-state index contributed by atoms with van der Waals surface area (Å²) in [6.07, 6.45) is 0. The Kier molecular flexibility index (Phi) is 7.58. The highest BCUT2D eigenvalue weighted by molar-refractivity contribution is 7.10. The quantitative estimate of drug-likeness (QED) is 0.592. The third kappa shape index (κ3) is 5.48. The monoisotopic (exact) mass is 298 g/mol. The predicted molar refractivity (Wildman–Crippen MR) is 86.6 cm³/mol. The number of aliphatic imine (C=N–C) groups is 1. The van der Waals surface area contributed by atoms with Crippen LogP contribution in [0.4, 0.5) is 0 Å². The van der Waals surface area contributed by atoms with E-state index in [4.69, 9.17) is 4.74 Å². The molecule has 1 aromatic rings. The number of nitrogens with one attached hydrogen (secondary N) is 2. The molecule has 0 fully saturated rings. The zero-order valence-electron chi connectivity index (χ0n) is 13.0. The van der Waals surface area contributed by atoms with Gasteiger partial charge in [-0.1, -0.05) is 6.07 Å². The van der Waals surface area contributed by atoms with E-state index in [9.17, 15) is 0 Å². The molecule has 0 saturated carbocycles. The molecule has 0 radical (unpaired) electrons. The Bertz CT molecular complexity index is 392. The zero-order valence-corrected chi connectivity index (χ0v) is 13.8. The molecule has 0 saturated heterocycles. The van der Waals surface area contributed by atoms with Crippen molar-refractivity contribution in [2.75, 3.05) is 41.4 Å². The van der Waals surface area contributed by atoms with Crippen LogP contribution in [0.15, 0.2) is 22.5 Å². The predicted octanol–water partition coefficient (Wildman–Crippen LogP) is 1.55. The molecule has 2 N–H and O–H groups in total. The van der Waals surface area contributed by atoms with Gasteiger partial charge in [0.25, 0.3) is 0 Å². The highest BCUT2D eigenvalue weighted by Gasteiger charge is 2.15. The number of nitrogens with zero attached hydrogens (tertiary/aromatic N) is 2.